The van der Waals surface area contributed by atoms with Gasteiger partial charge in [-0.05, 0) is 60.0 Å². The van der Waals surface area contributed by atoms with Crippen molar-refractivity contribution in [1.29, 1.82) is 0 Å². The molecular formula is C27H30BrNO. The SMILES string of the molecule is Cc1ccc(OCCCCCCCCn2c3ccccc3c3cccc(Br)c32)cc1. The van der Waals surface area contributed by atoms with E-state index in [1.54, 1.807) is 0 Å². The zero-order chi connectivity index (χ0) is 20.8. The first-order valence-electron chi connectivity index (χ1n) is 11.1. The third kappa shape index (κ3) is 4.89. The number of hydrogen-bond donors (Lipinski definition) is 0. The maximum absolute atomic E-state index is 5.82. The molecule has 0 saturated carbocycles. The molecule has 1 aromatic heterocycles. The van der Waals surface area contributed by atoms with Crippen LogP contribution in [0, 0.1) is 6.92 Å². The van der Waals surface area contributed by atoms with Crippen LogP contribution >= 0.6 is 15.9 Å². The van der Waals surface area contributed by atoms with E-state index in [0.717, 1.165) is 25.3 Å². The number of aromatic nitrogens is 1. The lowest BCUT2D eigenvalue weighted by Gasteiger charge is -2.09. The first kappa shape index (κ1) is 21.0. The van der Waals surface area contributed by atoms with Crippen LogP contribution in [0.2, 0.25) is 0 Å². The second-order valence-corrected chi connectivity index (χ2v) is 8.94. The molecule has 1 heterocycles. The van der Waals surface area contributed by atoms with Crippen LogP contribution in [0.15, 0.2) is 71.2 Å². The molecule has 3 aromatic carbocycles. The lowest BCUT2D eigenvalue weighted by Crippen LogP contribution is -1.99. The highest BCUT2D eigenvalue weighted by Crippen LogP contribution is 2.33. The Balaban J connectivity index is 1.21. The number of para-hydroxylation sites is 2. The van der Waals surface area contributed by atoms with Gasteiger partial charge in [0, 0.05) is 27.3 Å². The van der Waals surface area contributed by atoms with E-state index in [-0.39, 0.29) is 0 Å². The van der Waals surface area contributed by atoms with Gasteiger partial charge in [-0.25, -0.2) is 0 Å². The topological polar surface area (TPSA) is 14.2 Å². The lowest BCUT2D eigenvalue weighted by atomic mass is 10.1. The molecule has 0 fully saturated rings. The van der Waals surface area contributed by atoms with Crippen molar-refractivity contribution in [1.82, 2.24) is 4.57 Å². The van der Waals surface area contributed by atoms with Crippen LogP contribution < -0.4 is 4.74 Å². The Morgan fingerprint density at radius 1 is 0.733 bits per heavy atom. The largest absolute Gasteiger partial charge is 0.494 e. The average Bonchev–Trinajstić information content (AvgIpc) is 3.09. The van der Waals surface area contributed by atoms with Gasteiger partial charge in [0.15, 0.2) is 0 Å². The lowest BCUT2D eigenvalue weighted by molar-refractivity contribution is 0.304. The summed E-state index contributed by atoms with van der Waals surface area (Å²) in [7, 11) is 0. The number of nitrogens with zero attached hydrogens (tertiary/aromatic N) is 1. The molecule has 3 heteroatoms. The third-order valence-electron chi connectivity index (χ3n) is 5.81. The Bertz CT molecular complexity index is 1100. The van der Waals surface area contributed by atoms with Crippen molar-refractivity contribution in [2.24, 2.45) is 0 Å². The van der Waals surface area contributed by atoms with Crippen molar-refractivity contribution in [2.45, 2.75) is 52.0 Å². The van der Waals surface area contributed by atoms with Gasteiger partial charge < -0.3 is 9.30 Å². The standard InChI is InChI=1S/C27H30BrNO/c1-21-15-17-22(18-16-21)30-20-9-5-3-2-4-8-19-29-26-14-7-6-11-23(26)24-12-10-13-25(28)27(24)29/h6-7,10-18H,2-5,8-9,19-20H2,1H3. The monoisotopic (exact) mass is 463 g/mol. The average molecular weight is 464 g/mol. The van der Waals surface area contributed by atoms with Gasteiger partial charge in [-0.2, -0.15) is 0 Å². The summed E-state index contributed by atoms with van der Waals surface area (Å²) in [5.74, 6) is 0.984. The summed E-state index contributed by atoms with van der Waals surface area (Å²) in [6, 6.07) is 23.6. The van der Waals surface area contributed by atoms with Gasteiger partial charge in [0.1, 0.15) is 5.75 Å². The molecule has 2 nitrogen and oxygen atoms in total. The predicted octanol–water partition coefficient (Wildman–Crippen LogP) is 8.29. The summed E-state index contributed by atoms with van der Waals surface area (Å²) in [4.78, 5) is 0. The number of aryl methyl sites for hydroxylation is 2. The van der Waals surface area contributed by atoms with Gasteiger partial charge >= 0.3 is 0 Å². The van der Waals surface area contributed by atoms with Gasteiger partial charge in [0.2, 0.25) is 0 Å². The summed E-state index contributed by atoms with van der Waals surface area (Å²) < 4.78 is 9.50. The summed E-state index contributed by atoms with van der Waals surface area (Å²) in [5.41, 5.74) is 3.94. The van der Waals surface area contributed by atoms with Crippen LogP contribution in [0.5, 0.6) is 5.75 Å². The Morgan fingerprint density at radius 2 is 1.43 bits per heavy atom. The summed E-state index contributed by atoms with van der Waals surface area (Å²) in [5, 5.41) is 2.69. The van der Waals surface area contributed by atoms with E-state index in [0.29, 0.717) is 0 Å². The fourth-order valence-corrected chi connectivity index (χ4v) is 4.78. The molecule has 0 aliphatic heterocycles. The van der Waals surface area contributed by atoms with Crippen LogP contribution in [-0.2, 0) is 6.54 Å². The van der Waals surface area contributed by atoms with Gasteiger partial charge in [0.25, 0.3) is 0 Å². The predicted molar refractivity (Wildman–Crippen MR) is 132 cm³/mol. The minimum absolute atomic E-state index is 0.818. The number of ether oxygens (including phenoxy) is 1. The molecule has 0 N–H and O–H groups in total. The fourth-order valence-electron chi connectivity index (χ4n) is 4.20. The van der Waals surface area contributed by atoms with E-state index in [1.807, 2.05) is 0 Å². The summed E-state index contributed by atoms with van der Waals surface area (Å²) in [6.45, 7) is 3.99. The first-order valence-corrected chi connectivity index (χ1v) is 11.9. The third-order valence-corrected chi connectivity index (χ3v) is 6.45. The minimum atomic E-state index is 0.818. The zero-order valence-electron chi connectivity index (χ0n) is 17.7. The van der Waals surface area contributed by atoms with E-state index in [2.05, 4.69) is 94.2 Å². The van der Waals surface area contributed by atoms with E-state index in [9.17, 15) is 0 Å². The van der Waals surface area contributed by atoms with E-state index >= 15 is 0 Å². The normalized spacial score (nSPS) is 11.4. The smallest absolute Gasteiger partial charge is 0.119 e. The number of fused-ring (bicyclic) bond motifs is 3. The van der Waals surface area contributed by atoms with E-state index in [4.69, 9.17) is 4.74 Å². The van der Waals surface area contributed by atoms with Crippen molar-refractivity contribution < 1.29 is 4.74 Å². The number of benzene rings is 3. The summed E-state index contributed by atoms with van der Waals surface area (Å²) >= 11 is 3.77. The van der Waals surface area contributed by atoms with Gasteiger partial charge in [-0.3, -0.25) is 0 Å². The molecule has 0 radical (unpaired) electrons. The molecule has 0 saturated heterocycles. The van der Waals surface area contributed by atoms with E-state index in [1.165, 1.54) is 63.9 Å². The highest BCUT2D eigenvalue weighted by Gasteiger charge is 2.12. The van der Waals surface area contributed by atoms with Crippen LogP contribution in [-0.4, -0.2) is 11.2 Å². The fraction of sp³-hybridized carbons (Fsp3) is 0.333. The number of unbranched alkanes of at least 4 members (excludes halogenated alkanes) is 5. The van der Waals surface area contributed by atoms with Crippen molar-refractivity contribution in [3.63, 3.8) is 0 Å². The molecule has 4 rings (SSSR count). The van der Waals surface area contributed by atoms with Crippen molar-refractivity contribution in [3.8, 4) is 5.75 Å². The molecule has 156 valence electrons. The zero-order valence-corrected chi connectivity index (χ0v) is 19.3. The van der Waals surface area contributed by atoms with Gasteiger partial charge in [-0.1, -0.05) is 73.7 Å². The van der Waals surface area contributed by atoms with Gasteiger partial charge in [0.05, 0.1) is 12.1 Å². The maximum atomic E-state index is 5.82. The second-order valence-electron chi connectivity index (χ2n) is 8.09. The maximum Gasteiger partial charge on any atom is 0.119 e. The first-order chi connectivity index (χ1) is 14.7. The molecule has 30 heavy (non-hydrogen) atoms. The van der Waals surface area contributed by atoms with Crippen molar-refractivity contribution >= 4 is 37.7 Å². The Morgan fingerprint density at radius 3 is 2.27 bits per heavy atom. The van der Waals surface area contributed by atoms with Crippen LogP contribution in [0.1, 0.15) is 44.1 Å². The molecule has 0 unspecified atom stereocenters. The Labute approximate surface area is 188 Å². The molecule has 0 spiro atoms. The Hall–Kier alpha value is -2.26. The van der Waals surface area contributed by atoms with Crippen LogP contribution in [0.4, 0.5) is 0 Å². The van der Waals surface area contributed by atoms with Crippen molar-refractivity contribution in [3.05, 3.63) is 76.8 Å². The second kappa shape index (κ2) is 10.2. The van der Waals surface area contributed by atoms with Crippen LogP contribution in [0.25, 0.3) is 21.8 Å². The quantitative estimate of drug-likeness (QED) is 0.215. The molecule has 0 amide bonds. The molecule has 0 bridgehead atoms. The summed E-state index contributed by atoms with van der Waals surface area (Å²) in [6.07, 6.45) is 7.45. The highest BCUT2D eigenvalue weighted by molar-refractivity contribution is 9.10. The van der Waals surface area contributed by atoms with E-state index < -0.39 is 0 Å². The Kier molecular flexibility index (Phi) is 7.11. The number of hydrogen-bond acceptors (Lipinski definition) is 1. The minimum Gasteiger partial charge on any atom is -0.494 e. The number of halogens is 1. The molecular weight excluding hydrogens is 434 g/mol. The van der Waals surface area contributed by atoms with Crippen LogP contribution in [0.3, 0.4) is 0 Å². The number of rotatable bonds is 10. The molecule has 0 atom stereocenters. The molecule has 4 aromatic rings. The molecule has 0 aliphatic rings. The van der Waals surface area contributed by atoms with Gasteiger partial charge in [-0.15, -0.1) is 0 Å². The van der Waals surface area contributed by atoms with Crippen molar-refractivity contribution in [2.75, 3.05) is 6.61 Å². The molecule has 0 aliphatic carbocycles. The highest BCUT2D eigenvalue weighted by atomic mass is 79.9.